The van der Waals surface area contributed by atoms with Gasteiger partial charge in [-0.1, -0.05) is 0 Å². The van der Waals surface area contributed by atoms with Crippen LogP contribution < -0.4 is 5.73 Å². The predicted molar refractivity (Wildman–Crippen MR) is 74.8 cm³/mol. The van der Waals surface area contributed by atoms with Crippen molar-refractivity contribution in [3.8, 4) is 5.69 Å². The molecule has 2 heterocycles. The zero-order valence-electron chi connectivity index (χ0n) is 12.1. The summed E-state index contributed by atoms with van der Waals surface area (Å²) in [5.41, 5.74) is 6.93. The number of carbonyl (C=O) groups excluding carboxylic acids is 1. The lowest BCUT2D eigenvalue weighted by atomic mass is 10.4. The van der Waals surface area contributed by atoms with Crippen molar-refractivity contribution in [2.75, 3.05) is 12.3 Å². The second-order valence-corrected chi connectivity index (χ2v) is 4.72. The molecule has 108 valence electrons. The van der Waals surface area contributed by atoms with Crippen LogP contribution in [-0.4, -0.2) is 31.9 Å². The van der Waals surface area contributed by atoms with Crippen molar-refractivity contribution in [3.05, 3.63) is 23.9 Å². The quantitative estimate of drug-likeness (QED) is 0.860. The molecule has 0 fully saturated rings. The summed E-state index contributed by atoms with van der Waals surface area (Å²) in [5, 5.41) is 4.26. The topological polar surface area (TPSA) is 88.0 Å². The van der Waals surface area contributed by atoms with Crippen molar-refractivity contribution in [2.45, 2.75) is 33.7 Å². The van der Waals surface area contributed by atoms with Crippen LogP contribution in [0.3, 0.4) is 0 Å². The summed E-state index contributed by atoms with van der Waals surface area (Å²) in [6.07, 6.45) is 3.56. The second kappa shape index (κ2) is 5.36. The van der Waals surface area contributed by atoms with Crippen molar-refractivity contribution < 1.29 is 9.53 Å². The van der Waals surface area contributed by atoms with Gasteiger partial charge in [-0.2, -0.15) is 5.10 Å². The molecule has 0 saturated carbocycles. The Labute approximate surface area is 117 Å². The first-order chi connectivity index (χ1) is 9.45. The van der Waals surface area contributed by atoms with E-state index in [2.05, 4.69) is 10.1 Å². The lowest BCUT2D eigenvalue weighted by Crippen LogP contribution is -2.09. The molecule has 0 amide bonds. The number of nitrogens with zero attached hydrogens (tertiary/aromatic N) is 4. The second-order valence-electron chi connectivity index (χ2n) is 4.72. The molecule has 2 aromatic heterocycles. The molecule has 7 heteroatoms. The van der Waals surface area contributed by atoms with Crippen molar-refractivity contribution in [1.82, 2.24) is 19.3 Å². The van der Waals surface area contributed by atoms with Gasteiger partial charge in [0.1, 0.15) is 11.6 Å². The van der Waals surface area contributed by atoms with E-state index in [9.17, 15) is 4.79 Å². The minimum atomic E-state index is -0.511. The van der Waals surface area contributed by atoms with E-state index in [1.165, 1.54) is 0 Å². The van der Waals surface area contributed by atoms with Gasteiger partial charge < -0.3 is 10.5 Å². The molecular formula is C13H19N5O2. The Morgan fingerprint density at radius 1 is 1.50 bits per heavy atom. The maximum atomic E-state index is 11.8. The number of aryl methyl sites for hydroxylation is 1. The van der Waals surface area contributed by atoms with Crippen LogP contribution in [0.15, 0.2) is 12.4 Å². The van der Waals surface area contributed by atoms with Crippen molar-refractivity contribution in [2.24, 2.45) is 0 Å². The van der Waals surface area contributed by atoms with E-state index < -0.39 is 5.97 Å². The molecule has 0 bridgehead atoms. The zero-order valence-corrected chi connectivity index (χ0v) is 12.1. The third kappa shape index (κ3) is 2.38. The molecule has 7 nitrogen and oxygen atoms in total. The molecule has 20 heavy (non-hydrogen) atoms. The molecule has 0 aliphatic carbocycles. The molecule has 0 unspecified atom stereocenters. The Morgan fingerprint density at radius 2 is 2.20 bits per heavy atom. The predicted octanol–water partition coefficient (Wildman–Crippen LogP) is 1.72. The smallest absolute Gasteiger partial charge is 0.360 e. The summed E-state index contributed by atoms with van der Waals surface area (Å²) in [6, 6.07) is 0.248. The van der Waals surface area contributed by atoms with Crippen LogP contribution in [0.5, 0.6) is 0 Å². The first-order valence-corrected chi connectivity index (χ1v) is 6.52. The summed E-state index contributed by atoms with van der Waals surface area (Å²) in [6.45, 7) is 7.88. The number of nitrogen functional groups attached to an aromatic ring is 1. The zero-order chi connectivity index (χ0) is 14.9. The van der Waals surface area contributed by atoms with Crippen molar-refractivity contribution in [1.29, 1.82) is 0 Å². The van der Waals surface area contributed by atoms with Crippen molar-refractivity contribution >= 4 is 11.8 Å². The van der Waals surface area contributed by atoms with Gasteiger partial charge in [-0.25, -0.2) is 9.78 Å². The maximum absolute atomic E-state index is 11.8. The number of hydrogen-bond donors (Lipinski definition) is 1. The molecular weight excluding hydrogens is 258 g/mol. The number of imidazole rings is 1. The highest BCUT2D eigenvalue weighted by atomic mass is 16.5. The van der Waals surface area contributed by atoms with Crippen LogP contribution in [0.25, 0.3) is 5.69 Å². The summed E-state index contributed by atoms with van der Waals surface area (Å²) >= 11 is 0. The monoisotopic (exact) mass is 277 g/mol. The van der Waals surface area contributed by atoms with Crippen LogP contribution in [0.2, 0.25) is 0 Å². The normalized spacial score (nSPS) is 11.1. The summed E-state index contributed by atoms with van der Waals surface area (Å²) < 4.78 is 8.45. The first-order valence-electron chi connectivity index (χ1n) is 6.52. The highest BCUT2D eigenvalue weighted by Crippen LogP contribution is 2.21. The molecule has 0 radical (unpaired) electrons. The van der Waals surface area contributed by atoms with E-state index in [1.807, 2.05) is 24.7 Å². The standard InChI is InChI=1S/C13H19N5O2/c1-5-20-13(19)11-12(14)18(9(4)16-11)10-6-15-17(7-10)8(2)3/h6-8H,5,14H2,1-4H3. The fourth-order valence-electron chi connectivity index (χ4n) is 1.95. The van der Waals surface area contributed by atoms with Gasteiger partial charge in [0.15, 0.2) is 5.69 Å². The SMILES string of the molecule is CCOC(=O)c1nc(C)n(-c2cnn(C(C)C)c2)c1N. The maximum Gasteiger partial charge on any atom is 0.360 e. The average molecular weight is 277 g/mol. The highest BCUT2D eigenvalue weighted by molar-refractivity contribution is 5.92. The van der Waals surface area contributed by atoms with E-state index in [0.29, 0.717) is 5.82 Å². The third-order valence-corrected chi connectivity index (χ3v) is 2.92. The largest absolute Gasteiger partial charge is 0.461 e. The molecule has 0 aromatic carbocycles. The van der Waals surface area contributed by atoms with Crippen LogP contribution >= 0.6 is 0 Å². The number of nitrogens with two attached hydrogens (primary N) is 1. The van der Waals surface area contributed by atoms with Crippen LogP contribution in [-0.2, 0) is 4.74 Å². The van der Waals surface area contributed by atoms with Gasteiger partial charge in [0.05, 0.1) is 18.5 Å². The minimum absolute atomic E-state index is 0.140. The van der Waals surface area contributed by atoms with E-state index in [0.717, 1.165) is 5.69 Å². The first kappa shape index (κ1) is 14.1. The number of hydrogen-bond acceptors (Lipinski definition) is 5. The van der Waals surface area contributed by atoms with Crippen LogP contribution in [0, 0.1) is 6.92 Å². The molecule has 2 aromatic rings. The third-order valence-electron chi connectivity index (χ3n) is 2.92. The molecule has 0 spiro atoms. The molecule has 2 rings (SSSR count). The van der Waals surface area contributed by atoms with Gasteiger partial charge in [0.2, 0.25) is 0 Å². The number of aromatic nitrogens is 4. The molecule has 0 saturated heterocycles. The fraction of sp³-hybridized carbons (Fsp3) is 0.462. The summed E-state index contributed by atoms with van der Waals surface area (Å²) in [5.74, 6) is 0.376. The Morgan fingerprint density at radius 3 is 2.75 bits per heavy atom. The molecule has 0 aliphatic rings. The molecule has 0 aliphatic heterocycles. The Balaban J connectivity index is 2.44. The van der Waals surface area contributed by atoms with Gasteiger partial charge >= 0.3 is 5.97 Å². The Bertz CT molecular complexity index is 627. The van der Waals surface area contributed by atoms with Crippen LogP contribution in [0.1, 0.15) is 43.1 Å². The van der Waals surface area contributed by atoms with E-state index in [-0.39, 0.29) is 24.2 Å². The van der Waals surface area contributed by atoms with Gasteiger partial charge in [0.25, 0.3) is 0 Å². The number of anilines is 1. The number of rotatable bonds is 4. The number of carbonyl (C=O) groups is 1. The average Bonchev–Trinajstić information content (AvgIpc) is 2.95. The van der Waals surface area contributed by atoms with Gasteiger partial charge in [-0.3, -0.25) is 9.25 Å². The van der Waals surface area contributed by atoms with E-state index in [1.54, 1.807) is 24.6 Å². The highest BCUT2D eigenvalue weighted by Gasteiger charge is 2.21. The Hall–Kier alpha value is -2.31. The number of ether oxygens (including phenoxy) is 1. The summed E-state index contributed by atoms with van der Waals surface area (Å²) in [4.78, 5) is 16.0. The van der Waals surface area contributed by atoms with E-state index in [4.69, 9.17) is 10.5 Å². The Kier molecular flexibility index (Phi) is 3.78. The van der Waals surface area contributed by atoms with E-state index >= 15 is 0 Å². The van der Waals surface area contributed by atoms with Gasteiger partial charge in [-0.05, 0) is 27.7 Å². The minimum Gasteiger partial charge on any atom is -0.461 e. The van der Waals surface area contributed by atoms with Gasteiger partial charge in [-0.15, -0.1) is 0 Å². The fourth-order valence-corrected chi connectivity index (χ4v) is 1.95. The lowest BCUT2D eigenvalue weighted by Gasteiger charge is -2.05. The lowest BCUT2D eigenvalue weighted by molar-refractivity contribution is 0.0521. The number of esters is 1. The van der Waals surface area contributed by atoms with Crippen molar-refractivity contribution in [3.63, 3.8) is 0 Å². The van der Waals surface area contributed by atoms with Crippen LogP contribution in [0.4, 0.5) is 5.82 Å². The summed E-state index contributed by atoms with van der Waals surface area (Å²) in [7, 11) is 0. The molecule has 0 atom stereocenters. The molecule has 2 N–H and O–H groups in total. The van der Waals surface area contributed by atoms with Gasteiger partial charge in [0, 0.05) is 12.2 Å².